The third kappa shape index (κ3) is 2.66. The zero-order valence-corrected chi connectivity index (χ0v) is 15.1. The van der Waals surface area contributed by atoms with Crippen molar-refractivity contribution in [3.63, 3.8) is 0 Å². The van der Waals surface area contributed by atoms with Crippen LogP contribution in [-0.2, 0) is 15.6 Å². The third-order valence-electron chi connectivity index (χ3n) is 4.74. The van der Waals surface area contributed by atoms with Gasteiger partial charge in [-0.15, -0.1) is 10.2 Å². The Kier molecular flexibility index (Phi) is 3.56. The monoisotopic (exact) mass is 349 g/mol. The maximum Gasteiger partial charge on any atom is 0.228 e. The summed E-state index contributed by atoms with van der Waals surface area (Å²) in [5.41, 5.74) is 0.996. The summed E-state index contributed by atoms with van der Waals surface area (Å²) in [6, 6.07) is 0.636. The van der Waals surface area contributed by atoms with Gasteiger partial charge in [-0.1, -0.05) is 13.8 Å². The molecule has 7 nitrogen and oxygen atoms in total. The average molecular weight is 349 g/mol. The second-order valence-electron chi connectivity index (χ2n) is 7.25. The molecule has 2 fully saturated rings. The Morgan fingerprint density at radius 3 is 2.33 bits per heavy atom. The molecule has 0 amide bonds. The molecular weight excluding hydrogens is 326 g/mol. The van der Waals surface area contributed by atoms with Crippen molar-refractivity contribution in [1.82, 2.24) is 24.3 Å². The Hall–Kier alpha value is -1.70. The lowest BCUT2D eigenvalue weighted by molar-refractivity contribution is 0.547. The number of hydrogen-bond donors (Lipinski definition) is 0. The van der Waals surface area contributed by atoms with Crippen molar-refractivity contribution in [3.8, 4) is 0 Å². The Labute approximate surface area is 142 Å². The second kappa shape index (κ2) is 5.40. The van der Waals surface area contributed by atoms with E-state index in [4.69, 9.17) is 0 Å². The van der Waals surface area contributed by atoms with Gasteiger partial charge >= 0.3 is 0 Å². The predicted octanol–water partition coefficient (Wildman–Crippen LogP) is 2.55. The molecule has 130 valence electrons. The van der Waals surface area contributed by atoms with E-state index in [9.17, 15) is 8.42 Å². The summed E-state index contributed by atoms with van der Waals surface area (Å²) >= 11 is 0. The molecule has 0 aliphatic heterocycles. The van der Waals surface area contributed by atoms with Crippen LogP contribution < -0.4 is 0 Å². The minimum Gasteiger partial charge on any atom is -0.316 e. The number of imidazole rings is 1. The van der Waals surface area contributed by atoms with Crippen molar-refractivity contribution in [1.29, 1.82) is 0 Å². The van der Waals surface area contributed by atoms with Crippen LogP contribution in [0.2, 0.25) is 0 Å². The molecule has 2 aliphatic carbocycles. The molecule has 0 spiro atoms. The van der Waals surface area contributed by atoms with Crippen molar-refractivity contribution in [3.05, 3.63) is 23.5 Å². The highest BCUT2D eigenvalue weighted by atomic mass is 32.2. The number of sulfone groups is 1. The molecule has 0 bridgehead atoms. The topological polar surface area (TPSA) is 82.7 Å². The van der Waals surface area contributed by atoms with Gasteiger partial charge in [-0.25, -0.2) is 13.4 Å². The zero-order chi connectivity index (χ0) is 17.1. The number of hydrogen-bond acceptors (Lipinski definition) is 5. The van der Waals surface area contributed by atoms with Crippen LogP contribution in [0.25, 0.3) is 0 Å². The first kappa shape index (κ1) is 15.8. The van der Waals surface area contributed by atoms with Crippen LogP contribution in [0.3, 0.4) is 0 Å². The van der Waals surface area contributed by atoms with Crippen LogP contribution in [-0.4, -0.2) is 32.7 Å². The minimum atomic E-state index is -3.55. The highest BCUT2D eigenvalue weighted by Crippen LogP contribution is 2.40. The minimum absolute atomic E-state index is 0.133. The molecule has 24 heavy (non-hydrogen) atoms. The average Bonchev–Trinajstić information content (AvgIpc) is 3.43. The first-order valence-corrected chi connectivity index (χ1v) is 10.2. The molecular formula is C16H23N5O2S. The van der Waals surface area contributed by atoms with Gasteiger partial charge in [0.1, 0.15) is 17.4 Å². The Bertz CT molecular complexity index is 872. The Morgan fingerprint density at radius 1 is 1.12 bits per heavy atom. The fourth-order valence-electron chi connectivity index (χ4n) is 3.27. The number of rotatable bonds is 6. The van der Waals surface area contributed by atoms with E-state index in [1.54, 1.807) is 6.20 Å². The van der Waals surface area contributed by atoms with Crippen molar-refractivity contribution in [2.24, 2.45) is 0 Å². The fourth-order valence-corrected chi connectivity index (χ4v) is 4.70. The van der Waals surface area contributed by atoms with Crippen molar-refractivity contribution in [2.45, 2.75) is 75.4 Å². The summed E-state index contributed by atoms with van der Waals surface area (Å²) in [7, 11) is -3.55. The molecule has 2 aromatic heterocycles. The van der Waals surface area contributed by atoms with Crippen molar-refractivity contribution in [2.75, 3.05) is 0 Å². The molecule has 0 saturated heterocycles. The number of aryl methyl sites for hydroxylation is 1. The van der Waals surface area contributed by atoms with E-state index in [-0.39, 0.29) is 22.9 Å². The summed E-state index contributed by atoms with van der Waals surface area (Å²) in [4.78, 5) is 4.28. The molecule has 0 radical (unpaired) electrons. The predicted molar refractivity (Wildman–Crippen MR) is 88.5 cm³/mol. The van der Waals surface area contributed by atoms with E-state index >= 15 is 0 Å². The molecule has 8 heteroatoms. The first-order valence-electron chi connectivity index (χ1n) is 8.58. The SMILES string of the molecule is Cc1nnc(CS(=O)(=O)c2ncc(C(C)C)n2C2CC2)n1C1CC1. The van der Waals surface area contributed by atoms with Gasteiger partial charge in [0.05, 0.1) is 0 Å². The summed E-state index contributed by atoms with van der Waals surface area (Å²) in [5, 5.41) is 8.39. The lowest BCUT2D eigenvalue weighted by atomic mass is 10.1. The molecule has 2 saturated carbocycles. The maximum atomic E-state index is 13.0. The van der Waals surface area contributed by atoms with E-state index in [2.05, 4.69) is 29.0 Å². The van der Waals surface area contributed by atoms with Crippen LogP contribution in [0, 0.1) is 6.92 Å². The van der Waals surface area contributed by atoms with Crippen LogP contribution in [0.4, 0.5) is 0 Å². The molecule has 0 atom stereocenters. The van der Waals surface area contributed by atoms with E-state index in [0.717, 1.165) is 37.2 Å². The summed E-state index contributed by atoms with van der Waals surface area (Å²) in [5.74, 6) is 1.44. The summed E-state index contributed by atoms with van der Waals surface area (Å²) < 4.78 is 30.0. The largest absolute Gasteiger partial charge is 0.316 e. The van der Waals surface area contributed by atoms with E-state index < -0.39 is 9.84 Å². The smallest absolute Gasteiger partial charge is 0.228 e. The maximum absolute atomic E-state index is 13.0. The van der Waals surface area contributed by atoms with Gasteiger partial charge in [0.2, 0.25) is 15.0 Å². The molecule has 4 rings (SSSR count). The van der Waals surface area contributed by atoms with Gasteiger partial charge in [0.15, 0.2) is 0 Å². The molecule has 0 aromatic carbocycles. The van der Waals surface area contributed by atoms with E-state index in [0.29, 0.717) is 11.9 Å². The Morgan fingerprint density at radius 2 is 1.75 bits per heavy atom. The van der Waals surface area contributed by atoms with Crippen LogP contribution >= 0.6 is 0 Å². The quantitative estimate of drug-likeness (QED) is 0.800. The highest BCUT2D eigenvalue weighted by molar-refractivity contribution is 7.90. The summed E-state index contributed by atoms with van der Waals surface area (Å²) in [6.07, 6.45) is 5.90. The number of aromatic nitrogens is 5. The molecule has 2 aromatic rings. The van der Waals surface area contributed by atoms with Crippen LogP contribution in [0.15, 0.2) is 11.4 Å². The Balaban J connectivity index is 1.71. The molecule has 0 N–H and O–H groups in total. The normalized spacial score (nSPS) is 18.5. The molecule has 2 heterocycles. The lowest BCUT2D eigenvalue weighted by Gasteiger charge is -2.13. The first-order chi connectivity index (χ1) is 11.4. The zero-order valence-electron chi connectivity index (χ0n) is 14.3. The fraction of sp³-hybridized carbons (Fsp3) is 0.688. The van der Waals surface area contributed by atoms with E-state index in [1.165, 1.54) is 0 Å². The van der Waals surface area contributed by atoms with Gasteiger partial charge in [0.25, 0.3) is 0 Å². The van der Waals surface area contributed by atoms with Gasteiger partial charge in [0, 0.05) is 24.0 Å². The van der Waals surface area contributed by atoms with Crippen molar-refractivity contribution >= 4 is 9.84 Å². The van der Waals surface area contributed by atoms with Gasteiger partial charge in [-0.2, -0.15) is 0 Å². The van der Waals surface area contributed by atoms with E-state index in [1.807, 2.05) is 16.1 Å². The highest BCUT2D eigenvalue weighted by Gasteiger charge is 2.36. The standard InChI is InChI=1S/C16H23N5O2S/c1-10(2)14-8-17-16(21(14)13-6-7-13)24(22,23)9-15-19-18-11(3)20(15)12-4-5-12/h8,10,12-13H,4-7,9H2,1-3H3. The number of nitrogens with zero attached hydrogens (tertiary/aromatic N) is 5. The van der Waals surface area contributed by atoms with Crippen LogP contribution in [0.5, 0.6) is 0 Å². The second-order valence-corrected chi connectivity index (χ2v) is 9.13. The molecule has 0 unspecified atom stereocenters. The van der Waals surface area contributed by atoms with Gasteiger partial charge in [-0.3, -0.25) is 0 Å². The molecule has 2 aliphatic rings. The van der Waals surface area contributed by atoms with Crippen molar-refractivity contribution < 1.29 is 8.42 Å². The lowest BCUT2D eigenvalue weighted by Crippen LogP contribution is -2.17. The summed E-state index contributed by atoms with van der Waals surface area (Å²) in [6.45, 7) is 6.02. The van der Waals surface area contributed by atoms with Gasteiger partial charge < -0.3 is 9.13 Å². The van der Waals surface area contributed by atoms with Gasteiger partial charge in [-0.05, 0) is 38.5 Å². The van der Waals surface area contributed by atoms with Crippen LogP contribution in [0.1, 0.15) is 74.9 Å². The third-order valence-corrected chi connectivity index (χ3v) is 6.24.